The maximum absolute atomic E-state index is 12.8. The van der Waals surface area contributed by atoms with Crippen LogP contribution < -0.4 is 20.7 Å². The SMILES string of the molecule is COc1ccc2c(Cl)c(C(=O)NC(=S)Nc3cccc(NC(=O)c4ccccc4)c3)sc2c1. The number of thiocarbonyl (C=S) groups is 1. The highest BCUT2D eigenvalue weighted by Gasteiger charge is 2.18. The molecule has 1 heterocycles. The van der Waals surface area contributed by atoms with E-state index in [-0.39, 0.29) is 11.0 Å². The van der Waals surface area contributed by atoms with Crippen molar-refractivity contribution < 1.29 is 14.3 Å². The van der Waals surface area contributed by atoms with Gasteiger partial charge in [-0.15, -0.1) is 11.3 Å². The molecule has 0 bridgehead atoms. The summed E-state index contributed by atoms with van der Waals surface area (Å²) >= 11 is 13.0. The molecule has 0 unspecified atom stereocenters. The zero-order chi connectivity index (χ0) is 23.4. The molecule has 6 nitrogen and oxygen atoms in total. The maximum Gasteiger partial charge on any atom is 0.269 e. The van der Waals surface area contributed by atoms with Gasteiger partial charge in [0.1, 0.15) is 10.6 Å². The van der Waals surface area contributed by atoms with Gasteiger partial charge < -0.3 is 15.4 Å². The van der Waals surface area contributed by atoms with E-state index in [2.05, 4.69) is 16.0 Å². The van der Waals surface area contributed by atoms with E-state index >= 15 is 0 Å². The number of hydrogen-bond acceptors (Lipinski definition) is 5. The molecule has 3 N–H and O–H groups in total. The van der Waals surface area contributed by atoms with Gasteiger partial charge >= 0.3 is 0 Å². The van der Waals surface area contributed by atoms with Crippen LogP contribution >= 0.6 is 35.2 Å². The molecule has 0 saturated heterocycles. The van der Waals surface area contributed by atoms with Gasteiger partial charge in [0.25, 0.3) is 11.8 Å². The second kappa shape index (κ2) is 9.99. The summed E-state index contributed by atoms with van der Waals surface area (Å²) in [6, 6.07) is 21.4. The fourth-order valence-electron chi connectivity index (χ4n) is 3.11. The first kappa shape index (κ1) is 22.7. The number of nitrogens with one attached hydrogen (secondary N) is 3. The summed E-state index contributed by atoms with van der Waals surface area (Å²) in [5, 5.41) is 9.69. The number of ether oxygens (including phenoxy) is 1. The number of carbonyl (C=O) groups is 2. The van der Waals surface area contributed by atoms with Crippen LogP contribution in [0.2, 0.25) is 5.02 Å². The van der Waals surface area contributed by atoms with E-state index in [1.807, 2.05) is 18.2 Å². The lowest BCUT2D eigenvalue weighted by molar-refractivity contribution is 0.0980. The molecule has 3 aromatic carbocycles. The molecule has 0 fully saturated rings. The average molecular weight is 496 g/mol. The maximum atomic E-state index is 12.8. The van der Waals surface area contributed by atoms with Crippen molar-refractivity contribution in [1.82, 2.24) is 5.32 Å². The zero-order valence-electron chi connectivity index (χ0n) is 17.3. The van der Waals surface area contributed by atoms with E-state index in [0.717, 1.165) is 10.1 Å². The van der Waals surface area contributed by atoms with Gasteiger partial charge in [0.2, 0.25) is 0 Å². The van der Waals surface area contributed by atoms with Crippen LogP contribution in [0.5, 0.6) is 5.75 Å². The van der Waals surface area contributed by atoms with Crippen LogP contribution in [-0.2, 0) is 0 Å². The minimum absolute atomic E-state index is 0.109. The van der Waals surface area contributed by atoms with Crippen molar-refractivity contribution in [1.29, 1.82) is 0 Å². The van der Waals surface area contributed by atoms with Crippen molar-refractivity contribution in [3.05, 3.63) is 88.3 Å². The van der Waals surface area contributed by atoms with E-state index in [1.165, 1.54) is 11.3 Å². The minimum atomic E-state index is -0.411. The molecule has 0 spiro atoms. The molecule has 33 heavy (non-hydrogen) atoms. The van der Waals surface area contributed by atoms with Crippen molar-refractivity contribution in [2.24, 2.45) is 0 Å². The van der Waals surface area contributed by atoms with Gasteiger partial charge in [-0.25, -0.2) is 0 Å². The van der Waals surface area contributed by atoms with Crippen LogP contribution in [0, 0.1) is 0 Å². The van der Waals surface area contributed by atoms with Crippen LogP contribution in [0.3, 0.4) is 0 Å². The quantitative estimate of drug-likeness (QED) is 0.298. The lowest BCUT2D eigenvalue weighted by atomic mass is 10.2. The molecule has 0 atom stereocenters. The third kappa shape index (κ3) is 5.31. The summed E-state index contributed by atoms with van der Waals surface area (Å²) in [6.07, 6.45) is 0. The third-order valence-electron chi connectivity index (χ3n) is 4.68. The number of amides is 2. The second-order valence-electron chi connectivity index (χ2n) is 6.92. The third-order valence-corrected chi connectivity index (χ3v) is 6.54. The van der Waals surface area contributed by atoms with Gasteiger partial charge in [-0.05, 0) is 60.7 Å². The van der Waals surface area contributed by atoms with E-state index in [9.17, 15) is 9.59 Å². The van der Waals surface area contributed by atoms with Gasteiger partial charge in [0.15, 0.2) is 5.11 Å². The van der Waals surface area contributed by atoms with E-state index in [4.69, 9.17) is 28.6 Å². The molecule has 0 aliphatic heterocycles. The first-order valence-corrected chi connectivity index (χ1v) is 11.4. The van der Waals surface area contributed by atoms with Gasteiger partial charge in [-0.3, -0.25) is 14.9 Å². The molecule has 0 aliphatic carbocycles. The smallest absolute Gasteiger partial charge is 0.269 e. The van der Waals surface area contributed by atoms with E-state index < -0.39 is 5.91 Å². The molecular weight excluding hydrogens is 478 g/mol. The number of fused-ring (bicyclic) bond motifs is 1. The van der Waals surface area contributed by atoms with Crippen molar-refractivity contribution >= 4 is 73.5 Å². The highest BCUT2D eigenvalue weighted by molar-refractivity contribution is 7.80. The van der Waals surface area contributed by atoms with Crippen LogP contribution in [0.1, 0.15) is 20.0 Å². The number of rotatable bonds is 5. The number of benzene rings is 3. The van der Waals surface area contributed by atoms with Crippen molar-refractivity contribution in [3.63, 3.8) is 0 Å². The van der Waals surface area contributed by atoms with Gasteiger partial charge in [0.05, 0.1) is 12.1 Å². The second-order valence-corrected chi connectivity index (χ2v) is 8.75. The van der Waals surface area contributed by atoms with Gasteiger partial charge in [-0.1, -0.05) is 35.9 Å². The lowest BCUT2D eigenvalue weighted by Gasteiger charge is -2.11. The Morgan fingerprint density at radius 3 is 2.36 bits per heavy atom. The monoisotopic (exact) mass is 495 g/mol. The molecule has 1 aromatic heterocycles. The molecule has 0 radical (unpaired) electrons. The molecule has 0 saturated carbocycles. The summed E-state index contributed by atoms with van der Waals surface area (Å²) in [6.45, 7) is 0. The number of carbonyl (C=O) groups excluding carboxylic acids is 2. The molecule has 9 heteroatoms. The largest absolute Gasteiger partial charge is 0.497 e. The number of halogens is 1. The zero-order valence-corrected chi connectivity index (χ0v) is 19.7. The standard InChI is InChI=1S/C24H18ClN3O3S2/c1-31-17-10-11-18-19(13-17)33-21(20(18)25)23(30)28-24(32)27-16-9-5-8-15(12-16)26-22(29)14-6-3-2-4-7-14/h2-13H,1H3,(H,26,29)(H2,27,28,30,32). The van der Waals surface area contributed by atoms with Gasteiger partial charge in [0, 0.05) is 27.0 Å². The minimum Gasteiger partial charge on any atom is -0.497 e. The van der Waals surface area contributed by atoms with Gasteiger partial charge in [-0.2, -0.15) is 0 Å². The van der Waals surface area contributed by atoms with Crippen LogP contribution in [-0.4, -0.2) is 24.0 Å². The van der Waals surface area contributed by atoms with E-state index in [0.29, 0.717) is 32.6 Å². The van der Waals surface area contributed by atoms with Crippen molar-refractivity contribution in [2.45, 2.75) is 0 Å². The summed E-state index contributed by atoms with van der Waals surface area (Å²) in [5.74, 6) is 0.0506. The molecule has 4 aromatic rings. The predicted molar refractivity (Wildman–Crippen MR) is 138 cm³/mol. The summed E-state index contributed by atoms with van der Waals surface area (Å²) < 4.78 is 6.07. The van der Waals surface area contributed by atoms with Crippen LogP contribution in [0.4, 0.5) is 11.4 Å². The summed E-state index contributed by atoms with van der Waals surface area (Å²) in [7, 11) is 1.58. The first-order valence-electron chi connectivity index (χ1n) is 9.79. The average Bonchev–Trinajstić information content (AvgIpc) is 3.15. The Balaban J connectivity index is 1.42. The molecular formula is C24H18ClN3O3S2. The van der Waals surface area contributed by atoms with Crippen LogP contribution in [0.25, 0.3) is 10.1 Å². The molecule has 166 valence electrons. The number of hydrogen-bond donors (Lipinski definition) is 3. The number of thiophene rings is 1. The fraction of sp³-hybridized carbons (Fsp3) is 0.0417. The van der Waals surface area contributed by atoms with Crippen LogP contribution in [0.15, 0.2) is 72.8 Å². The number of anilines is 2. The Morgan fingerprint density at radius 1 is 0.909 bits per heavy atom. The number of methoxy groups -OCH3 is 1. The van der Waals surface area contributed by atoms with Crippen molar-refractivity contribution in [2.75, 3.05) is 17.7 Å². The predicted octanol–water partition coefficient (Wildman–Crippen LogP) is 5.94. The topological polar surface area (TPSA) is 79.5 Å². The lowest BCUT2D eigenvalue weighted by Crippen LogP contribution is -2.33. The molecule has 4 rings (SSSR count). The highest BCUT2D eigenvalue weighted by atomic mass is 35.5. The molecule has 2 amide bonds. The van der Waals surface area contributed by atoms with Crippen molar-refractivity contribution in [3.8, 4) is 5.75 Å². The Kier molecular flexibility index (Phi) is 6.88. The Labute approximate surface area is 204 Å². The Morgan fingerprint density at radius 2 is 1.64 bits per heavy atom. The van der Waals surface area contributed by atoms with E-state index in [1.54, 1.807) is 61.7 Å². The summed E-state index contributed by atoms with van der Waals surface area (Å²) in [4.78, 5) is 25.5. The summed E-state index contributed by atoms with van der Waals surface area (Å²) in [5.41, 5.74) is 1.75. The Hall–Kier alpha value is -3.46. The first-order chi connectivity index (χ1) is 15.9. The molecule has 0 aliphatic rings. The highest BCUT2D eigenvalue weighted by Crippen LogP contribution is 2.37. The normalized spacial score (nSPS) is 10.5. The fourth-order valence-corrected chi connectivity index (χ4v) is 4.76. The Bertz CT molecular complexity index is 1360.